The summed E-state index contributed by atoms with van der Waals surface area (Å²) >= 11 is 0. The molecule has 1 heterocycles. The Morgan fingerprint density at radius 2 is 1.57 bits per heavy atom. The van der Waals surface area contributed by atoms with Gasteiger partial charge in [0, 0.05) is 17.0 Å². The van der Waals surface area contributed by atoms with Crippen LogP contribution in [0, 0.1) is 5.82 Å². The van der Waals surface area contributed by atoms with Crippen LogP contribution in [0.2, 0.25) is 0 Å². The van der Waals surface area contributed by atoms with E-state index in [1.54, 1.807) is 72.8 Å². The number of halogens is 1. The maximum Gasteiger partial charge on any atom is 0.292 e. The largest absolute Gasteiger partial charge is 0.492 e. The molecule has 0 bridgehead atoms. The van der Waals surface area contributed by atoms with E-state index < -0.39 is 11.7 Å². The molecule has 0 saturated heterocycles. The van der Waals surface area contributed by atoms with Crippen molar-refractivity contribution in [3.8, 4) is 11.5 Å². The molecular weight excluding hydrogens is 513 g/mol. The summed E-state index contributed by atoms with van der Waals surface area (Å²) in [4.78, 5) is 27.3. The number of benzene rings is 4. The average Bonchev–Trinajstić information content (AvgIpc) is 3.40. The van der Waals surface area contributed by atoms with Gasteiger partial charge in [-0.05, 0) is 66.7 Å². The van der Waals surface area contributed by atoms with Crippen LogP contribution < -0.4 is 20.5 Å². The van der Waals surface area contributed by atoms with Gasteiger partial charge < -0.3 is 24.9 Å². The normalized spacial score (nSPS) is 10.7. The Hall–Kier alpha value is -5.31. The third kappa shape index (κ3) is 6.39. The van der Waals surface area contributed by atoms with Crippen LogP contribution >= 0.6 is 0 Å². The van der Waals surface area contributed by atoms with Crippen molar-refractivity contribution in [2.24, 2.45) is 0 Å². The molecular formula is C31H26FN3O5. The van der Waals surface area contributed by atoms with E-state index >= 15 is 0 Å². The van der Waals surface area contributed by atoms with Crippen LogP contribution in [0.4, 0.5) is 15.8 Å². The number of carbonyl (C=O) groups excluding carboxylic acids is 2. The summed E-state index contributed by atoms with van der Waals surface area (Å²) in [5.74, 6) is -0.00313. The van der Waals surface area contributed by atoms with Crippen molar-refractivity contribution in [1.82, 2.24) is 4.90 Å². The number of hydrogen-bond acceptors (Lipinski definition) is 6. The summed E-state index contributed by atoms with van der Waals surface area (Å²) in [6, 6.07) is 28.4. The molecule has 0 aliphatic rings. The lowest BCUT2D eigenvalue weighted by Gasteiger charge is -2.22. The van der Waals surface area contributed by atoms with Crippen molar-refractivity contribution in [2.45, 2.75) is 0 Å². The molecule has 0 unspecified atom stereocenters. The fourth-order valence-electron chi connectivity index (χ4n) is 3.94. The molecule has 8 nitrogen and oxygen atoms in total. The Kier molecular flexibility index (Phi) is 7.92. The Balaban J connectivity index is 1.23. The maximum absolute atomic E-state index is 13.6. The molecule has 1 aromatic heterocycles. The maximum atomic E-state index is 13.6. The zero-order chi connectivity index (χ0) is 27.9. The van der Waals surface area contributed by atoms with E-state index in [1.165, 1.54) is 17.0 Å². The van der Waals surface area contributed by atoms with Gasteiger partial charge >= 0.3 is 0 Å². The highest BCUT2D eigenvalue weighted by Crippen LogP contribution is 2.22. The van der Waals surface area contributed by atoms with Gasteiger partial charge in [0.25, 0.3) is 11.8 Å². The first kappa shape index (κ1) is 26.3. The van der Waals surface area contributed by atoms with Gasteiger partial charge in [0.1, 0.15) is 29.5 Å². The number of fused-ring (bicyclic) bond motifs is 1. The van der Waals surface area contributed by atoms with Crippen LogP contribution in [0.15, 0.2) is 108 Å². The fraction of sp³-hybridized carbons (Fsp3) is 0.0968. The molecule has 202 valence electrons. The Bertz CT molecular complexity index is 1620. The molecule has 9 heteroatoms. The van der Waals surface area contributed by atoms with Crippen molar-refractivity contribution in [3.05, 3.63) is 120 Å². The second kappa shape index (κ2) is 12.0. The Labute approximate surface area is 229 Å². The predicted molar refractivity (Wildman–Crippen MR) is 150 cm³/mol. The van der Waals surface area contributed by atoms with Crippen molar-refractivity contribution in [3.63, 3.8) is 0 Å². The first-order valence-electron chi connectivity index (χ1n) is 12.5. The molecule has 5 rings (SSSR count). The molecule has 0 fully saturated rings. The van der Waals surface area contributed by atoms with E-state index in [-0.39, 0.29) is 37.1 Å². The van der Waals surface area contributed by atoms with E-state index in [2.05, 4.69) is 5.32 Å². The van der Waals surface area contributed by atoms with Crippen LogP contribution in [0.1, 0.15) is 20.9 Å². The van der Waals surface area contributed by atoms with Crippen LogP contribution in [0.5, 0.6) is 11.5 Å². The van der Waals surface area contributed by atoms with Gasteiger partial charge in [0.2, 0.25) is 0 Å². The number of para-hydroxylation sites is 3. The molecule has 4 aromatic carbocycles. The molecule has 0 atom stereocenters. The number of nitrogens with two attached hydrogens (primary N) is 1. The summed E-state index contributed by atoms with van der Waals surface area (Å²) < 4.78 is 30.9. The molecule has 3 N–H and O–H groups in total. The summed E-state index contributed by atoms with van der Waals surface area (Å²) in [6.45, 7) is 0.261. The number of nitrogens with zero attached hydrogens (tertiary/aromatic N) is 1. The summed E-state index contributed by atoms with van der Waals surface area (Å²) in [7, 11) is 0. The van der Waals surface area contributed by atoms with Gasteiger partial charge in [-0.1, -0.05) is 30.3 Å². The number of nitrogens with one attached hydrogen (secondary N) is 1. The number of amides is 2. The molecule has 0 aliphatic heterocycles. The standard InChI is InChI=1S/C31H26FN3O5/c32-23-13-10-22-18-29(40-28(22)19-23)31(37)35(20-39-24-6-2-1-3-7-24)16-17-38-25-14-11-21(12-15-25)30(36)34-27-9-5-4-8-26(27)33/h1-15,18-19H,16-17,20,33H2,(H,34,36). The lowest BCUT2D eigenvalue weighted by Crippen LogP contribution is -2.37. The minimum absolute atomic E-state index is 0.0562. The summed E-state index contributed by atoms with van der Waals surface area (Å²) in [5, 5.41) is 3.39. The third-order valence-corrected chi connectivity index (χ3v) is 6.07. The van der Waals surface area contributed by atoms with Crippen molar-refractivity contribution in [2.75, 3.05) is 30.9 Å². The first-order valence-corrected chi connectivity index (χ1v) is 12.5. The zero-order valence-electron chi connectivity index (χ0n) is 21.4. The predicted octanol–water partition coefficient (Wildman–Crippen LogP) is 5.96. The van der Waals surface area contributed by atoms with E-state index in [1.807, 2.05) is 18.2 Å². The van der Waals surface area contributed by atoms with Crippen molar-refractivity contribution in [1.29, 1.82) is 0 Å². The van der Waals surface area contributed by atoms with E-state index in [9.17, 15) is 14.0 Å². The number of ether oxygens (including phenoxy) is 2. The monoisotopic (exact) mass is 539 g/mol. The first-order chi connectivity index (χ1) is 19.5. The van der Waals surface area contributed by atoms with Gasteiger partial charge in [-0.3, -0.25) is 14.5 Å². The highest BCUT2D eigenvalue weighted by atomic mass is 19.1. The lowest BCUT2D eigenvalue weighted by atomic mass is 10.2. The van der Waals surface area contributed by atoms with Gasteiger partial charge in [-0.2, -0.15) is 0 Å². The average molecular weight is 540 g/mol. The highest BCUT2D eigenvalue weighted by molar-refractivity contribution is 6.05. The molecule has 5 aromatic rings. The zero-order valence-corrected chi connectivity index (χ0v) is 21.4. The SMILES string of the molecule is Nc1ccccc1NC(=O)c1ccc(OCCN(COc2ccccc2)C(=O)c2cc3ccc(F)cc3o2)cc1. The minimum atomic E-state index is -0.453. The molecule has 2 amide bonds. The van der Waals surface area contributed by atoms with Gasteiger partial charge in [0.15, 0.2) is 12.5 Å². The van der Waals surface area contributed by atoms with Crippen LogP contribution in [0.3, 0.4) is 0 Å². The highest BCUT2D eigenvalue weighted by Gasteiger charge is 2.21. The minimum Gasteiger partial charge on any atom is -0.492 e. The van der Waals surface area contributed by atoms with Crippen LogP contribution in [0.25, 0.3) is 11.0 Å². The van der Waals surface area contributed by atoms with Gasteiger partial charge in [0.05, 0.1) is 17.9 Å². The Morgan fingerprint density at radius 1 is 0.850 bits per heavy atom. The van der Waals surface area contributed by atoms with Crippen LogP contribution in [-0.2, 0) is 0 Å². The van der Waals surface area contributed by atoms with E-state index in [4.69, 9.17) is 19.6 Å². The third-order valence-electron chi connectivity index (χ3n) is 6.07. The molecule has 0 aliphatic carbocycles. The van der Waals surface area contributed by atoms with Crippen LogP contribution in [-0.4, -0.2) is 36.6 Å². The van der Waals surface area contributed by atoms with Gasteiger partial charge in [-0.15, -0.1) is 0 Å². The fourth-order valence-corrected chi connectivity index (χ4v) is 3.94. The molecule has 0 radical (unpaired) electrons. The van der Waals surface area contributed by atoms with Gasteiger partial charge in [-0.25, -0.2) is 4.39 Å². The number of furan rings is 1. The van der Waals surface area contributed by atoms with Crippen molar-refractivity contribution >= 4 is 34.2 Å². The Morgan fingerprint density at radius 3 is 2.35 bits per heavy atom. The molecule has 0 saturated carbocycles. The number of rotatable bonds is 10. The topological polar surface area (TPSA) is 107 Å². The second-order valence-electron chi connectivity index (χ2n) is 8.86. The molecule has 0 spiro atoms. The summed E-state index contributed by atoms with van der Waals surface area (Å²) in [6.07, 6.45) is 0. The lowest BCUT2D eigenvalue weighted by molar-refractivity contribution is 0.0530. The number of carbonyl (C=O) groups is 2. The molecule has 40 heavy (non-hydrogen) atoms. The second-order valence-corrected chi connectivity index (χ2v) is 8.86. The number of hydrogen-bond donors (Lipinski definition) is 2. The summed E-state index contributed by atoms with van der Waals surface area (Å²) in [5.41, 5.74) is 7.62. The smallest absolute Gasteiger partial charge is 0.292 e. The number of nitrogen functional groups attached to an aromatic ring is 1. The number of anilines is 2. The quantitative estimate of drug-likeness (QED) is 0.167. The van der Waals surface area contributed by atoms with E-state index in [0.29, 0.717) is 33.8 Å². The van der Waals surface area contributed by atoms with Crippen molar-refractivity contribution < 1.29 is 27.9 Å². The van der Waals surface area contributed by atoms with E-state index in [0.717, 1.165) is 0 Å².